The topological polar surface area (TPSA) is 91.2 Å². The van der Waals surface area contributed by atoms with Crippen LogP contribution in [-0.4, -0.2) is 17.5 Å². The molecule has 0 aliphatic carbocycles. The van der Waals surface area contributed by atoms with E-state index in [1.807, 2.05) is 54.6 Å². The largest absolute Gasteiger partial charge is 0.488 e. The number of allylic oxidation sites excluding steroid dienone is 2. The Hall–Kier alpha value is -3.86. The van der Waals surface area contributed by atoms with E-state index in [4.69, 9.17) is 16.2 Å². The minimum atomic E-state index is -0.587. The second kappa shape index (κ2) is 8.68. The van der Waals surface area contributed by atoms with Crippen molar-refractivity contribution in [1.82, 2.24) is 4.98 Å². The Bertz CT molecular complexity index is 1070. The van der Waals surface area contributed by atoms with Crippen LogP contribution in [0.5, 0.6) is 5.75 Å². The van der Waals surface area contributed by atoms with Crippen LogP contribution in [0, 0.1) is 0 Å². The van der Waals surface area contributed by atoms with Crippen LogP contribution in [0.25, 0.3) is 22.0 Å². The standard InChI is InChI=1S/C23H21N3O2/c1-16(19(23(25)27)9-5-11-24)15-28-22-14-18(17-7-3-2-4-8-17)13-21-20(22)10-6-12-26-21/h2-14H,1,15,24H2,(H2,25,27)/b11-5-,19-9+. The van der Waals surface area contributed by atoms with Crippen LogP contribution in [0.1, 0.15) is 0 Å². The van der Waals surface area contributed by atoms with Gasteiger partial charge in [0.25, 0.3) is 0 Å². The molecule has 3 rings (SSSR count). The number of amides is 1. The fourth-order valence-electron chi connectivity index (χ4n) is 2.83. The zero-order valence-corrected chi connectivity index (χ0v) is 15.3. The Balaban J connectivity index is 1.94. The van der Waals surface area contributed by atoms with Gasteiger partial charge in [-0.05, 0) is 59.3 Å². The molecule has 5 nitrogen and oxygen atoms in total. The quantitative estimate of drug-likeness (QED) is 0.489. The second-order valence-electron chi connectivity index (χ2n) is 6.13. The first kappa shape index (κ1) is 18.9. The number of hydrogen-bond acceptors (Lipinski definition) is 4. The number of carbonyl (C=O) groups is 1. The van der Waals surface area contributed by atoms with Crippen LogP contribution >= 0.6 is 0 Å². The van der Waals surface area contributed by atoms with Gasteiger partial charge in [-0.3, -0.25) is 9.78 Å². The number of rotatable bonds is 7. The van der Waals surface area contributed by atoms with E-state index >= 15 is 0 Å². The number of ether oxygens (including phenoxy) is 1. The summed E-state index contributed by atoms with van der Waals surface area (Å²) in [5.41, 5.74) is 14.4. The molecule has 1 aromatic heterocycles. The highest BCUT2D eigenvalue weighted by Gasteiger charge is 2.12. The first-order valence-corrected chi connectivity index (χ1v) is 8.73. The fraction of sp³-hybridized carbons (Fsp3) is 0.0435. The van der Waals surface area contributed by atoms with Gasteiger partial charge in [-0.2, -0.15) is 0 Å². The van der Waals surface area contributed by atoms with Crippen LogP contribution in [0.15, 0.2) is 96.9 Å². The van der Waals surface area contributed by atoms with Crippen LogP contribution < -0.4 is 16.2 Å². The molecule has 0 bridgehead atoms. The van der Waals surface area contributed by atoms with E-state index < -0.39 is 5.91 Å². The Labute approximate surface area is 163 Å². The van der Waals surface area contributed by atoms with E-state index in [2.05, 4.69) is 11.6 Å². The summed E-state index contributed by atoms with van der Waals surface area (Å²) in [5.74, 6) is 0.0695. The number of nitrogens with zero attached hydrogens (tertiary/aromatic N) is 1. The minimum Gasteiger partial charge on any atom is -0.488 e. The zero-order valence-electron chi connectivity index (χ0n) is 15.3. The van der Waals surface area contributed by atoms with Crippen molar-refractivity contribution in [2.75, 3.05) is 6.61 Å². The molecule has 0 fully saturated rings. The first-order valence-electron chi connectivity index (χ1n) is 8.73. The van der Waals surface area contributed by atoms with Gasteiger partial charge >= 0.3 is 0 Å². The molecule has 0 aliphatic rings. The molecule has 3 aromatic rings. The predicted molar refractivity (Wildman–Crippen MR) is 112 cm³/mol. The number of primary amides is 1. The lowest BCUT2D eigenvalue weighted by Gasteiger charge is -2.13. The number of carbonyl (C=O) groups excluding carboxylic acids is 1. The molecule has 0 radical (unpaired) electrons. The highest BCUT2D eigenvalue weighted by atomic mass is 16.5. The monoisotopic (exact) mass is 371 g/mol. The van der Waals surface area contributed by atoms with Crippen LogP contribution in [0.2, 0.25) is 0 Å². The minimum absolute atomic E-state index is 0.107. The van der Waals surface area contributed by atoms with Crippen LogP contribution in [0.4, 0.5) is 0 Å². The molecule has 1 heterocycles. The average Bonchev–Trinajstić information content (AvgIpc) is 2.72. The second-order valence-corrected chi connectivity index (χ2v) is 6.13. The molecule has 0 aliphatic heterocycles. The summed E-state index contributed by atoms with van der Waals surface area (Å²) < 4.78 is 6.01. The third-order valence-corrected chi connectivity index (χ3v) is 4.21. The highest BCUT2D eigenvalue weighted by molar-refractivity contribution is 5.96. The van der Waals surface area contributed by atoms with Gasteiger partial charge in [0, 0.05) is 17.2 Å². The van der Waals surface area contributed by atoms with Crippen molar-refractivity contribution in [3.05, 3.63) is 96.9 Å². The SMILES string of the molecule is C=C(COc1cc(-c2ccccc2)cc2ncccc12)/C(=C\C=C/N)C(N)=O. The van der Waals surface area contributed by atoms with Gasteiger partial charge in [0.2, 0.25) is 5.91 Å². The van der Waals surface area contributed by atoms with E-state index in [-0.39, 0.29) is 12.2 Å². The Morgan fingerprint density at radius 3 is 2.61 bits per heavy atom. The number of fused-ring (bicyclic) bond motifs is 1. The number of aromatic nitrogens is 1. The number of pyridine rings is 1. The lowest BCUT2D eigenvalue weighted by molar-refractivity contribution is -0.114. The highest BCUT2D eigenvalue weighted by Crippen LogP contribution is 2.32. The molecule has 0 spiro atoms. The number of benzene rings is 2. The van der Waals surface area contributed by atoms with Gasteiger partial charge in [0.05, 0.1) is 5.52 Å². The van der Waals surface area contributed by atoms with Crippen molar-refractivity contribution < 1.29 is 9.53 Å². The number of nitrogens with two attached hydrogens (primary N) is 2. The Morgan fingerprint density at radius 2 is 1.89 bits per heavy atom. The van der Waals surface area contributed by atoms with E-state index in [9.17, 15) is 4.79 Å². The maximum Gasteiger partial charge on any atom is 0.249 e. The molecule has 5 heteroatoms. The van der Waals surface area contributed by atoms with Gasteiger partial charge < -0.3 is 16.2 Å². The van der Waals surface area contributed by atoms with E-state index in [1.165, 1.54) is 18.4 Å². The van der Waals surface area contributed by atoms with Crippen molar-refractivity contribution >= 4 is 16.8 Å². The summed E-state index contributed by atoms with van der Waals surface area (Å²) in [5, 5.41) is 0.876. The average molecular weight is 371 g/mol. The zero-order chi connectivity index (χ0) is 19.9. The molecule has 1 amide bonds. The van der Waals surface area contributed by atoms with Crippen molar-refractivity contribution in [3.8, 4) is 16.9 Å². The lowest BCUT2D eigenvalue weighted by atomic mass is 10.0. The van der Waals surface area contributed by atoms with Gasteiger partial charge in [-0.15, -0.1) is 0 Å². The van der Waals surface area contributed by atoms with E-state index in [0.717, 1.165) is 22.0 Å². The summed E-state index contributed by atoms with van der Waals surface area (Å²) in [6.07, 6.45) is 6.11. The smallest absolute Gasteiger partial charge is 0.249 e. The van der Waals surface area contributed by atoms with Gasteiger partial charge in [0.15, 0.2) is 0 Å². The molecule has 2 aromatic carbocycles. The summed E-state index contributed by atoms with van der Waals surface area (Å²) in [6.45, 7) is 4.03. The van der Waals surface area contributed by atoms with Crippen molar-refractivity contribution in [2.45, 2.75) is 0 Å². The van der Waals surface area contributed by atoms with E-state index in [0.29, 0.717) is 11.3 Å². The molecular weight excluding hydrogens is 350 g/mol. The first-order chi connectivity index (χ1) is 13.6. The van der Waals surface area contributed by atoms with Crippen LogP contribution in [0.3, 0.4) is 0 Å². The maximum absolute atomic E-state index is 11.7. The van der Waals surface area contributed by atoms with Crippen LogP contribution in [-0.2, 0) is 4.79 Å². The summed E-state index contributed by atoms with van der Waals surface area (Å²) in [7, 11) is 0. The maximum atomic E-state index is 11.7. The normalized spacial score (nSPS) is 11.6. The lowest BCUT2D eigenvalue weighted by Crippen LogP contribution is -2.18. The van der Waals surface area contributed by atoms with Gasteiger partial charge in [-0.25, -0.2) is 0 Å². The summed E-state index contributed by atoms with van der Waals surface area (Å²) in [6, 6.07) is 17.8. The molecule has 0 atom stereocenters. The molecule has 0 saturated heterocycles. The van der Waals surface area contributed by atoms with Gasteiger partial charge in [-0.1, -0.05) is 36.9 Å². The fourth-order valence-corrected chi connectivity index (χ4v) is 2.83. The molecule has 4 N–H and O–H groups in total. The summed E-state index contributed by atoms with van der Waals surface area (Å²) in [4.78, 5) is 16.1. The number of hydrogen-bond donors (Lipinski definition) is 2. The Kier molecular flexibility index (Phi) is 5.87. The molecular formula is C23H21N3O2. The third kappa shape index (κ3) is 4.27. The third-order valence-electron chi connectivity index (χ3n) is 4.21. The summed E-state index contributed by atoms with van der Waals surface area (Å²) >= 11 is 0. The van der Waals surface area contributed by atoms with Crippen molar-refractivity contribution in [1.29, 1.82) is 0 Å². The van der Waals surface area contributed by atoms with E-state index in [1.54, 1.807) is 6.20 Å². The molecule has 140 valence electrons. The predicted octanol–water partition coefficient (Wildman–Crippen LogP) is 3.72. The molecule has 0 unspecified atom stereocenters. The molecule has 28 heavy (non-hydrogen) atoms. The van der Waals surface area contributed by atoms with Crippen molar-refractivity contribution in [3.63, 3.8) is 0 Å². The molecule has 0 saturated carbocycles. The van der Waals surface area contributed by atoms with Crippen molar-refractivity contribution in [2.24, 2.45) is 11.5 Å². The Morgan fingerprint density at radius 1 is 1.11 bits per heavy atom. The van der Waals surface area contributed by atoms with Gasteiger partial charge in [0.1, 0.15) is 12.4 Å².